The van der Waals surface area contributed by atoms with Gasteiger partial charge < -0.3 is 19.8 Å². The Labute approximate surface area is 187 Å². The third kappa shape index (κ3) is 6.78. The summed E-state index contributed by atoms with van der Waals surface area (Å²) in [5, 5.41) is 6.81. The number of ether oxygens (including phenoxy) is 1. The van der Waals surface area contributed by atoms with Gasteiger partial charge in [-0.1, -0.05) is 12.8 Å². The average molecular weight is 449 g/mol. The second-order valence-electron chi connectivity index (χ2n) is 8.35. The highest BCUT2D eigenvalue weighted by molar-refractivity contribution is 7.82. The molecule has 0 aliphatic carbocycles. The minimum atomic E-state index is -0.445. The van der Waals surface area contributed by atoms with Crippen LogP contribution in [0.2, 0.25) is 0 Å². The average Bonchev–Trinajstić information content (AvgIpc) is 3.25. The Hall–Kier alpha value is -2.95. The minimum absolute atomic E-state index is 0.163. The van der Waals surface area contributed by atoms with Gasteiger partial charge >= 0.3 is 12.1 Å². The molecular weight excluding hydrogens is 420 g/mol. The molecule has 10 nitrogen and oxygen atoms in total. The topological polar surface area (TPSA) is 102 Å². The molecule has 0 radical (unpaired) electrons. The number of carbonyl (C=O) groups excluding carboxylic acids is 2. The number of thiol groups is 1. The van der Waals surface area contributed by atoms with E-state index in [0.29, 0.717) is 31.3 Å². The summed E-state index contributed by atoms with van der Waals surface area (Å²) in [6, 6.07) is 4.57. The van der Waals surface area contributed by atoms with Crippen molar-refractivity contribution in [2.75, 3.05) is 24.0 Å². The number of likely N-dealkylation sites (tertiary alicyclic amines) is 1. The molecule has 0 bridgehead atoms. The number of piperidine rings is 1. The van der Waals surface area contributed by atoms with Gasteiger partial charge in [0.15, 0.2) is 0 Å². The Morgan fingerprint density at radius 1 is 1.29 bits per heavy atom. The van der Waals surface area contributed by atoms with Gasteiger partial charge in [-0.05, 0) is 51.7 Å². The van der Waals surface area contributed by atoms with Crippen molar-refractivity contribution in [1.82, 2.24) is 25.1 Å². The van der Waals surface area contributed by atoms with Crippen LogP contribution in [-0.4, -0.2) is 57.2 Å². The number of nitrogens with one attached hydrogen (secondary N) is 1. The summed E-state index contributed by atoms with van der Waals surface area (Å²) in [7, 11) is 0. The number of rotatable bonds is 5. The Balaban J connectivity index is 1.45. The molecule has 0 saturated carbocycles. The summed E-state index contributed by atoms with van der Waals surface area (Å²) in [6.45, 7) is 7.35. The van der Waals surface area contributed by atoms with E-state index in [9.17, 15) is 9.59 Å². The van der Waals surface area contributed by atoms with Crippen molar-refractivity contribution in [3.63, 3.8) is 0 Å². The third-order valence-corrected chi connectivity index (χ3v) is 5.04. The van der Waals surface area contributed by atoms with Crippen molar-refractivity contribution in [1.29, 1.82) is 0 Å². The second kappa shape index (κ2) is 9.90. The quantitative estimate of drug-likeness (QED) is 0.682. The van der Waals surface area contributed by atoms with E-state index < -0.39 is 6.09 Å². The lowest BCUT2D eigenvalue weighted by Crippen LogP contribution is -2.45. The van der Waals surface area contributed by atoms with E-state index in [1.54, 1.807) is 29.4 Å². The smallest absolute Gasteiger partial charge is 0.396 e. The molecule has 1 saturated heterocycles. The van der Waals surface area contributed by atoms with Gasteiger partial charge in [0.05, 0.1) is 24.3 Å². The van der Waals surface area contributed by atoms with Crippen LogP contribution in [0.25, 0.3) is 0 Å². The summed E-state index contributed by atoms with van der Waals surface area (Å²) in [5.41, 5.74) is 0.0718. The summed E-state index contributed by atoms with van der Waals surface area (Å²) in [4.78, 5) is 37.4. The van der Waals surface area contributed by atoms with Crippen LogP contribution < -0.4 is 19.2 Å². The molecule has 0 unspecified atom stereocenters. The monoisotopic (exact) mass is 448 g/mol. The third-order valence-electron chi connectivity index (χ3n) is 4.63. The zero-order valence-electron chi connectivity index (χ0n) is 17.9. The summed E-state index contributed by atoms with van der Waals surface area (Å²) >= 11 is 4.21. The number of hydrogen-bond donors (Lipinski definition) is 2. The van der Waals surface area contributed by atoms with E-state index in [0.717, 1.165) is 17.1 Å². The summed E-state index contributed by atoms with van der Waals surface area (Å²) < 4.78 is 6.52. The lowest BCUT2D eigenvalue weighted by Gasteiger charge is -2.30. The molecule has 3 heterocycles. The van der Waals surface area contributed by atoms with Crippen molar-refractivity contribution in [3.8, 4) is 5.88 Å². The molecule has 2 aromatic rings. The molecule has 11 heteroatoms. The molecule has 0 atom stereocenters. The Kier molecular flexibility index (Phi) is 7.26. The van der Waals surface area contributed by atoms with Crippen LogP contribution in [-0.2, 0) is 0 Å². The van der Waals surface area contributed by atoms with Crippen LogP contribution >= 0.6 is 12.8 Å². The molecule has 0 spiro atoms. The van der Waals surface area contributed by atoms with E-state index in [-0.39, 0.29) is 17.5 Å². The number of urea groups is 1. The summed E-state index contributed by atoms with van der Waals surface area (Å²) in [6.07, 6.45) is 6.03. The van der Waals surface area contributed by atoms with Crippen molar-refractivity contribution >= 4 is 30.6 Å². The fourth-order valence-corrected chi connectivity index (χ4v) is 3.17. The molecular formula is C20H28N6O4S. The maximum Gasteiger partial charge on any atom is 0.416 e. The van der Waals surface area contributed by atoms with Gasteiger partial charge in [0.25, 0.3) is 0 Å². The predicted molar refractivity (Wildman–Crippen MR) is 118 cm³/mol. The van der Waals surface area contributed by atoms with Crippen molar-refractivity contribution in [3.05, 3.63) is 36.8 Å². The van der Waals surface area contributed by atoms with Gasteiger partial charge in [-0.2, -0.15) is 0 Å². The van der Waals surface area contributed by atoms with E-state index >= 15 is 0 Å². The van der Waals surface area contributed by atoms with Crippen LogP contribution in [0.4, 0.5) is 15.3 Å². The lowest BCUT2D eigenvalue weighted by atomic mass is 9.98. The first-order valence-corrected chi connectivity index (χ1v) is 10.5. The van der Waals surface area contributed by atoms with Crippen LogP contribution in [0, 0.1) is 5.92 Å². The molecule has 1 aliphatic heterocycles. The first-order valence-electron chi connectivity index (χ1n) is 10.1. The highest BCUT2D eigenvalue weighted by atomic mass is 32.1. The van der Waals surface area contributed by atoms with Crippen molar-refractivity contribution in [2.24, 2.45) is 5.92 Å². The normalized spacial score (nSPS) is 14.8. The van der Waals surface area contributed by atoms with E-state index in [4.69, 9.17) is 9.57 Å². The van der Waals surface area contributed by atoms with E-state index in [2.05, 4.69) is 28.2 Å². The lowest BCUT2D eigenvalue weighted by molar-refractivity contribution is 0.0365. The van der Waals surface area contributed by atoms with Gasteiger partial charge in [0.1, 0.15) is 6.61 Å². The van der Waals surface area contributed by atoms with Gasteiger partial charge in [0, 0.05) is 24.7 Å². The highest BCUT2D eigenvalue weighted by Crippen LogP contribution is 2.21. The van der Waals surface area contributed by atoms with Gasteiger partial charge in [0.2, 0.25) is 5.88 Å². The molecule has 1 aliphatic rings. The first-order chi connectivity index (χ1) is 14.7. The standard InChI is InChI=1S/C20H28N6O4S/c1-20(2,3)23-18(27)26(31)16-5-6-17(21-13-16)30-19(28)24-11-7-15(8-12-24)14-29-25-10-4-9-22-25/h4-6,9-10,13,15,31H,7-8,11-12,14H2,1-3H3,(H,23,27). The van der Waals surface area contributed by atoms with E-state index in [1.807, 2.05) is 20.8 Å². The maximum atomic E-state index is 12.4. The Morgan fingerprint density at radius 3 is 2.61 bits per heavy atom. The van der Waals surface area contributed by atoms with Crippen molar-refractivity contribution < 1.29 is 19.2 Å². The van der Waals surface area contributed by atoms with Crippen LogP contribution in [0.3, 0.4) is 0 Å². The number of amides is 3. The number of carbonyl (C=O) groups is 2. The fraction of sp³-hybridized carbons (Fsp3) is 0.500. The summed E-state index contributed by atoms with van der Waals surface area (Å²) in [5.74, 6) is 0.516. The first kappa shape index (κ1) is 22.7. The zero-order valence-corrected chi connectivity index (χ0v) is 18.8. The van der Waals surface area contributed by atoms with Crippen molar-refractivity contribution in [2.45, 2.75) is 39.2 Å². The highest BCUT2D eigenvalue weighted by Gasteiger charge is 2.25. The Bertz CT molecular complexity index is 861. The molecule has 1 N–H and O–H groups in total. The molecule has 31 heavy (non-hydrogen) atoms. The zero-order chi connectivity index (χ0) is 22.4. The molecule has 1 fully saturated rings. The Morgan fingerprint density at radius 2 is 2.03 bits per heavy atom. The number of pyridine rings is 1. The molecule has 2 aromatic heterocycles. The predicted octanol–water partition coefficient (Wildman–Crippen LogP) is 2.78. The molecule has 168 valence electrons. The fourth-order valence-electron chi connectivity index (χ4n) is 3.00. The van der Waals surface area contributed by atoms with Gasteiger partial charge in [-0.25, -0.2) is 18.9 Å². The number of hydrogen-bond acceptors (Lipinski definition) is 7. The van der Waals surface area contributed by atoms with Crippen LogP contribution in [0.5, 0.6) is 5.88 Å². The molecule has 3 rings (SSSR count). The minimum Gasteiger partial charge on any atom is -0.396 e. The van der Waals surface area contributed by atoms with Crippen LogP contribution in [0.15, 0.2) is 36.8 Å². The van der Waals surface area contributed by atoms with Crippen LogP contribution in [0.1, 0.15) is 33.6 Å². The molecule has 3 amide bonds. The van der Waals surface area contributed by atoms with E-state index in [1.165, 1.54) is 17.1 Å². The second-order valence-corrected chi connectivity index (χ2v) is 8.75. The SMILES string of the molecule is CC(C)(C)NC(=O)N(S)c1ccc(OC(=O)N2CCC(COn3cccn3)CC2)nc1. The van der Waals surface area contributed by atoms with Gasteiger partial charge in [-0.15, -0.1) is 9.94 Å². The largest absolute Gasteiger partial charge is 0.416 e. The molecule has 0 aromatic carbocycles. The number of nitrogens with zero attached hydrogens (tertiary/aromatic N) is 5. The number of aromatic nitrogens is 3. The van der Waals surface area contributed by atoms with Gasteiger partial charge in [-0.3, -0.25) is 0 Å². The number of anilines is 1. The maximum absolute atomic E-state index is 12.4.